The molecular weight excluding hydrogens is 313 g/mol. The Hall–Kier alpha value is -1.96. The molecule has 2 aliphatic rings. The van der Waals surface area contributed by atoms with Crippen LogP contribution in [0.25, 0.3) is 0 Å². The normalized spacial score (nSPS) is 26.8. The minimum Gasteiger partial charge on any atom is -0.371 e. The van der Waals surface area contributed by atoms with Gasteiger partial charge in [-0.15, -0.1) is 0 Å². The van der Waals surface area contributed by atoms with Crippen LogP contribution in [-0.4, -0.2) is 58.3 Å². The number of nitrogens with zero attached hydrogens (tertiary/aromatic N) is 3. The highest BCUT2D eigenvalue weighted by atomic mass is 19.1. The summed E-state index contributed by atoms with van der Waals surface area (Å²) in [5.74, 6) is -0.0638. The highest BCUT2D eigenvalue weighted by molar-refractivity contribution is 5.74. The van der Waals surface area contributed by atoms with Crippen LogP contribution < -0.4 is 10.6 Å². The zero-order valence-electron chi connectivity index (χ0n) is 14.1. The van der Waals surface area contributed by atoms with Crippen LogP contribution in [0.2, 0.25) is 0 Å². The zero-order valence-corrected chi connectivity index (χ0v) is 14.1. The van der Waals surface area contributed by atoms with Crippen molar-refractivity contribution in [2.75, 3.05) is 25.0 Å². The summed E-state index contributed by atoms with van der Waals surface area (Å²) in [6.07, 6.45) is 4.91. The topological polar surface area (TPSA) is 79.4 Å². The molecule has 2 fully saturated rings. The Morgan fingerprint density at radius 3 is 2.92 bits per heavy atom. The van der Waals surface area contributed by atoms with Crippen molar-refractivity contribution in [2.24, 2.45) is 0 Å². The monoisotopic (exact) mass is 337 g/mol. The number of carbonyl (C=O) groups excluding carboxylic acids is 1. The van der Waals surface area contributed by atoms with Crippen molar-refractivity contribution < 1.29 is 13.9 Å². The molecule has 0 aliphatic carbocycles. The van der Waals surface area contributed by atoms with Crippen molar-refractivity contribution in [2.45, 2.75) is 50.8 Å². The van der Waals surface area contributed by atoms with Crippen LogP contribution in [0, 0.1) is 5.82 Å². The minimum absolute atomic E-state index is 0.0362. The third-order valence-electron chi connectivity index (χ3n) is 4.40. The maximum Gasteiger partial charge on any atom is 0.317 e. The Balaban J connectivity index is 1.58. The molecule has 3 rings (SSSR count). The van der Waals surface area contributed by atoms with E-state index in [-0.39, 0.29) is 23.7 Å². The van der Waals surface area contributed by atoms with Crippen LogP contribution in [0.15, 0.2) is 12.4 Å². The van der Waals surface area contributed by atoms with Gasteiger partial charge in [0.25, 0.3) is 0 Å². The number of halogens is 1. The van der Waals surface area contributed by atoms with Gasteiger partial charge in [0.1, 0.15) is 0 Å². The van der Waals surface area contributed by atoms with E-state index in [1.165, 1.54) is 0 Å². The van der Waals surface area contributed by atoms with Crippen molar-refractivity contribution in [1.82, 2.24) is 20.2 Å². The molecule has 2 saturated heterocycles. The second-order valence-corrected chi connectivity index (χ2v) is 6.89. The molecule has 8 heteroatoms. The number of hydrogen-bond acceptors (Lipinski definition) is 5. The fourth-order valence-corrected chi connectivity index (χ4v) is 3.40. The molecule has 0 bridgehead atoms. The fraction of sp³-hybridized carbons (Fsp3) is 0.688. The van der Waals surface area contributed by atoms with Gasteiger partial charge in [-0.25, -0.2) is 19.2 Å². The van der Waals surface area contributed by atoms with Gasteiger partial charge in [0.2, 0.25) is 5.95 Å². The number of likely N-dealkylation sites (tertiary alicyclic amines) is 1. The summed E-state index contributed by atoms with van der Waals surface area (Å²) in [6, 6.07) is 0.138. The lowest BCUT2D eigenvalue weighted by molar-refractivity contribution is -0.0410. The standard InChI is InChI=1S/C16H24FN5O2/c1-11(2)20-15(23)22-5-3-4-16(10-22)6-13(9-24-16)21-14-18-7-12(17)8-19-14/h7-8,11,13H,3-6,9-10H2,1-2H3,(H,20,23)(H,18,19,21)/t13-,16+/m1/s1. The van der Waals surface area contributed by atoms with E-state index in [2.05, 4.69) is 20.6 Å². The Labute approximate surface area is 141 Å². The summed E-state index contributed by atoms with van der Waals surface area (Å²) in [7, 11) is 0. The van der Waals surface area contributed by atoms with Gasteiger partial charge in [0, 0.05) is 19.0 Å². The number of ether oxygens (including phenoxy) is 1. The first-order chi connectivity index (χ1) is 11.5. The Morgan fingerprint density at radius 1 is 1.46 bits per heavy atom. The highest BCUT2D eigenvalue weighted by Gasteiger charge is 2.44. The van der Waals surface area contributed by atoms with Crippen LogP contribution in [0.1, 0.15) is 33.1 Å². The van der Waals surface area contributed by atoms with Gasteiger partial charge >= 0.3 is 6.03 Å². The van der Waals surface area contributed by atoms with E-state index in [0.717, 1.165) is 38.2 Å². The lowest BCUT2D eigenvalue weighted by Gasteiger charge is -2.39. The predicted octanol–water partition coefficient (Wildman–Crippen LogP) is 1.77. The summed E-state index contributed by atoms with van der Waals surface area (Å²) in [4.78, 5) is 21.9. The van der Waals surface area contributed by atoms with Gasteiger partial charge in [-0.3, -0.25) is 0 Å². The van der Waals surface area contributed by atoms with Gasteiger partial charge in [-0.05, 0) is 26.7 Å². The number of nitrogens with one attached hydrogen (secondary N) is 2. The van der Waals surface area contributed by atoms with E-state index >= 15 is 0 Å². The van der Waals surface area contributed by atoms with Crippen LogP contribution in [0.3, 0.4) is 0 Å². The first kappa shape index (κ1) is 16.9. The van der Waals surface area contributed by atoms with E-state index < -0.39 is 5.82 Å². The maximum atomic E-state index is 12.9. The summed E-state index contributed by atoms with van der Waals surface area (Å²) >= 11 is 0. The van der Waals surface area contributed by atoms with E-state index in [4.69, 9.17) is 4.74 Å². The summed E-state index contributed by atoms with van der Waals surface area (Å²) in [5.41, 5.74) is -0.315. The van der Waals surface area contributed by atoms with Crippen LogP contribution in [0.4, 0.5) is 15.1 Å². The number of aromatic nitrogens is 2. The molecule has 1 aromatic heterocycles. The van der Waals surface area contributed by atoms with E-state index in [1.807, 2.05) is 18.7 Å². The third kappa shape index (κ3) is 3.92. The number of anilines is 1. The molecule has 2 aliphatic heterocycles. The van der Waals surface area contributed by atoms with Gasteiger partial charge in [0.15, 0.2) is 5.82 Å². The number of urea groups is 1. The molecule has 1 spiro atoms. The molecule has 0 radical (unpaired) electrons. The number of rotatable bonds is 3. The van der Waals surface area contributed by atoms with Crippen molar-refractivity contribution in [3.8, 4) is 0 Å². The van der Waals surface area contributed by atoms with Gasteiger partial charge < -0.3 is 20.3 Å². The van der Waals surface area contributed by atoms with Gasteiger partial charge in [-0.1, -0.05) is 0 Å². The SMILES string of the molecule is CC(C)NC(=O)N1CCC[C@]2(C[C@@H](Nc3ncc(F)cn3)CO2)C1. The molecule has 1 aromatic rings. The summed E-state index contributed by atoms with van der Waals surface area (Å²) < 4.78 is 18.9. The van der Waals surface area contributed by atoms with Gasteiger partial charge in [0.05, 0.1) is 37.2 Å². The highest BCUT2D eigenvalue weighted by Crippen LogP contribution is 2.35. The van der Waals surface area contributed by atoms with Crippen LogP contribution in [-0.2, 0) is 4.74 Å². The van der Waals surface area contributed by atoms with Crippen LogP contribution in [0.5, 0.6) is 0 Å². The smallest absolute Gasteiger partial charge is 0.317 e. The van der Waals surface area contributed by atoms with Crippen molar-refractivity contribution in [3.63, 3.8) is 0 Å². The number of amides is 2. The maximum absolute atomic E-state index is 12.9. The second kappa shape index (κ2) is 6.88. The van der Waals surface area contributed by atoms with E-state index in [9.17, 15) is 9.18 Å². The quantitative estimate of drug-likeness (QED) is 0.879. The number of piperidine rings is 1. The first-order valence-electron chi connectivity index (χ1n) is 8.39. The Morgan fingerprint density at radius 2 is 2.21 bits per heavy atom. The van der Waals surface area contributed by atoms with Crippen molar-refractivity contribution >= 4 is 12.0 Å². The molecule has 7 nitrogen and oxygen atoms in total. The minimum atomic E-state index is -0.459. The molecule has 3 heterocycles. The largest absolute Gasteiger partial charge is 0.371 e. The third-order valence-corrected chi connectivity index (χ3v) is 4.40. The molecule has 0 saturated carbocycles. The molecule has 2 N–H and O–H groups in total. The molecule has 2 atom stereocenters. The predicted molar refractivity (Wildman–Crippen MR) is 87.2 cm³/mol. The lowest BCUT2D eigenvalue weighted by atomic mass is 9.89. The van der Waals surface area contributed by atoms with Crippen molar-refractivity contribution in [1.29, 1.82) is 0 Å². The number of hydrogen-bond donors (Lipinski definition) is 2. The molecule has 0 aromatic carbocycles. The number of carbonyl (C=O) groups is 1. The summed E-state index contributed by atoms with van der Waals surface area (Å²) in [6.45, 7) is 5.77. The first-order valence-corrected chi connectivity index (χ1v) is 8.39. The van der Waals surface area contributed by atoms with E-state index in [1.54, 1.807) is 0 Å². The molecule has 0 unspecified atom stereocenters. The Bertz CT molecular complexity index is 582. The molecule has 2 amide bonds. The second-order valence-electron chi connectivity index (χ2n) is 6.89. The van der Waals surface area contributed by atoms with Crippen molar-refractivity contribution in [3.05, 3.63) is 18.2 Å². The molecular formula is C16H24FN5O2. The van der Waals surface area contributed by atoms with Gasteiger partial charge in [-0.2, -0.15) is 0 Å². The lowest BCUT2D eigenvalue weighted by Crippen LogP contribution is -2.54. The summed E-state index contributed by atoms with van der Waals surface area (Å²) in [5, 5.41) is 6.12. The van der Waals surface area contributed by atoms with E-state index in [0.29, 0.717) is 19.1 Å². The molecule has 132 valence electrons. The average Bonchev–Trinajstić information content (AvgIpc) is 2.91. The van der Waals surface area contributed by atoms with Crippen LogP contribution >= 0.6 is 0 Å². The molecule has 24 heavy (non-hydrogen) atoms. The zero-order chi connectivity index (χ0) is 17.2. The Kier molecular flexibility index (Phi) is 4.84. The fourth-order valence-electron chi connectivity index (χ4n) is 3.40. The average molecular weight is 337 g/mol.